The van der Waals surface area contributed by atoms with Crippen LogP contribution in [0.2, 0.25) is 0 Å². The fourth-order valence-corrected chi connectivity index (χ4v) is 2.22. The van der Waals surface area contributed by atoms with Crippen LogP contribution in [0.5, 0.6) is 0 Å². The number of esters is 1. The number of hydrogen-bond donors (Lipinski definition) is 2. The number of ether oxygens (including phenoxy) is 2. The van der Waals surface area contributed by atoms with E-state index >= 15 is 0 Å². The molecule has 0 spiro atoms. The molecule has 0 aliphatic carbocycles. The van der Waals surface area contributed by atoms with Crippen molar-refractivity contribution in [2.75, 3.05) is 31.4 Å². The van der Waals surface area contributed by atoms with Gasteiger partial charge in [-0.3, -0.25) is 0 Å². The summed E-state index contributed by atoms with van der Waals surface area (Å²) in [6, 6.07) is 5.44. The third-order valence-corrected chi connectivity index (χ3v) is 3.46. The van der Waals surface area contributed by atoms with E-state index in [1.54, 1.807) is 18.2 Å². The number of benzene rings is 1. The van der Waals surface area contributed by atoms with E-state index in [0.717, 1.165) is 25.3 Å². The molecule has 5 heteroatoms. The molecule has 0 bridgehead atoms. The molecule has 2 rings (SSSR count). The van der Waals surface area contributed by atoms with E-state index in [9.17, 15) is 4.79 Å². The van der Waals surface area contributed by atoms with Gasteiger partial charge in [0.2, 0.25) is 0 Å². The lowest BCUT2D eigenvalue weighted by Gasteiger charge is -2.30. The van der Waals surface area contributed by atoms with Crippen LogP contribution in [0.1, 0.15) is 23.7 Å². The number of anilines is 2. The summed E-state index contributed by atoms with van der Waals surface area (Å²) < 4.78 is 10.1. The van der Waals surface area contributed by atoms with E-state index in [1.807, 2.05) is 0 Å². The molecule has 0 aromatic heterocycles. The minimum Gasteiger partial charge on any atom is -0.465 e. The summed E-state index contributed by atoms with van der Waals surface area (Å²) in [5, 5.41) is 3.41. The number of nitrogens with one attached hydrogen (secondary N) is 1. The lowest BCUT2D eigenvalue weighted by Crippen LogP contribution is -2.36. The van der Waals surface area contributed by atoms with Crippen molar-refractivity contribution < 1.29 is 14.3 Å². The first-order valence-corrected chi connectivity index (χ1v) is 6.44. The largest absolute Gasteiger partial charge is 0.465 e. The molecule has 0 radical (unpaired) electrons. The number of nitrogens with two attached hydrogens (primary N) is 1. The second kappa shape index (κ2) is 5.93. The van der Waals surface area contributed by atoms with Crippen molar-refractivity contribution in [3.8, 4) is 0 Å². The van der Waals surface area contributed by atoms with Crippen LogP contribution in [-0.2, 0) is 9.47 Å². The molecule has 1 aromatic carbocycles. The Morgan fingerprint density at radius 1 is 1.53 bits per heavy atom. The minimum atomic E-state index is -0.358. The van der Waals surface area contributed by atoms with Crippen LogP contribution in [0.15, 0.2) is 18.2 Å². The normalized spacial score (nSPS) is 22.8. The van der Waals surface area contributed by atoms with Gasteiger partial charge in [0.15, 0.2) is 0 Å². The van der Waals surface area contributed by atoms with E-state index < -0.39 is 0 Å². The maximum absolute atomic E-state index is 11.5. The Bertz CT molecular complexity index is 462. The molecule has 19 heavy (non-hydrogen) atoms. The number of carbonyl (C=O) groups excluding carboxylic acids is 1. The van der Waals surface area contributed by atoms with Crippen molar-refractivity contribution in [3.63, 3.8) is 0 Å². The van der Waals surface area contributed by atoms with Gasteiger partial charge >= 0.3 is 5.97 Å². The van der Waals surface area contributed by atoms with Gasteiger partial charge in [0.25, 0.3) is 0 Å². The van der Waals surface area contributed by atoms with E-state index in [0.29, 0.717) is 23.2 Å². The molecule has 1 heterocycles. The Labute approximate surface area is 113 Å². The summed E-state index contributed by atoms with van der Waals surface area (Å²) in [5.41, 5.74) is 7.86. The first-order chi connectivity index (χ1) is 9.11. The van der Waals surface area contributed by atoms with Gasteiger partial charge in [-0.2, -0.15) is 0 Å². The summed E-state index contributed by atoms with van der Waals surface area (Å²) in [4.78, 5) is 11.5. The molecule has 1 aliphatic rings. The van der Waals surface area contributed by atoms with Gasteiger partial charge in [-0.25, -0.2) is 4.79 Å². The molecule has 0 saturated carbocycles. The van der Waals surface area contributed by atoms with Gasteiger partial charge in [0.1, 0.15) is 0 Å². The van der Waals surface area contributed by atoms with Crippen molar-refractivity contribution in [2.45, 2.75) is 19.4 Å². The molecule has 0 amide bonds. The van der Waals surface area contributed by atoms with Crippen molar-refractivity contribution in [1.82, 2.24) is 0 Å². The van der Waals surface area contributed by atoms with Gasteiger partial charge < -0.3 is 20.5 Å². The van der Waals surface area contributed by atoms with E-state index in [4.69, 9.17) is 15.2 Å². The van der Waals surface area contributed by atoms with Gasteiger partial charge in [0, 0.05) is 12.6 Å². The first kappa shape index (κ1) is 13.7. The zero-order valence-electron chi connectivity index (χ0n) is 11.3. The predicted molar refractivity (Wildman–Crippen MR) is 74.2 cm³/mol. The summed E-state index contributed by atoms with van der Waals surface area (Å²) in [6.07, 6.45) is 0.934. The molecule has 2 unspecified atom stereocenters. The average molecular weight is 264 g/mol. The predicted octanol–water partition coefficient (Wildman–Crippen LogP) is 1.89. The van der Waals surface area contributed by atoms with Crippen LogP contribution in [0.4, 0.5) is 11.4 Å². The van der Waals surface area contributed by atoms with Crippen molar-refractivity contribution in [3.05, 3.63) is 23.8 Å². The molecule has 2 atom stereocenters. The maximum atomic E-state index is 11.5. The number of methoxy groups -OCH3 is 1. The minimum absolute atomic E-state index is 0.309. The zero-order valence-corrected chi connectivity index (χ0v) is 11.3. The van der Waals surface area contributed by atoms with E-state index in [1.165, 1.54) is 7.11 Å². The van der Waals surface area contributed by atoms with Crippen LogP contribution in [0, 0.1) is 5.92 Å². The standard InChI is InChI=1S/C14H20N2O3/c1-9-8-19-6-5-12(9)16-13-7-10(14(17)18-2)3-4-11(13)15/h3-4,7,9,12,16H,5-6,8,15H2,1-2H3. The Hall–Kier alpha value is -1.75. The second-order valence-electron chi connectivity index (χ2n) is 4.89. The average Bonchev–Trinajstić information content (AvgIpc) is 2.42. The number of carbonyl (C=O) groups is 1. The first-order valence-electron chi connectivity index (χ1n) is 6.44. The summed E-state index contributed by atoms with van der Waals surface area (Å²) in [7, 11) is 1.37. The van der Waals surface area contributed by atoms with E-state index in [2.05, 4.69) is 12.2 Å². The van der Waals surface area contributed by atoms with Gasteiger partial charge in [-0.05, 0) is 30.5 Å². The lowest BCUT2D eigenvalue weighted by atomic mass is 9.97. The molecular weight excluding hydrogens is 244 g/mol. The van der Waals surface area contributed by atoms with Crippen LogP contribution < -0.4 is 11.1 Å². The molecule has 3 N–H and O–H groups in total. The molecule has 5 nitrogen and oxygen atoms in total. The monoisotopic (exact) mass is 264 g/mol. The highest BCUT2D eigenvalue weighted by Gasteiger charge is 2.22. The zero-order chi connectivity index (χ0) is 13.8. The smallest absolute Gasteiger partial charge is 0.337 e. The Kier molecular flexibility index (Phi) is 4.27. The molecule has 1 saturated heterocycles. The molecule has 104 valence electrons. The molecular formula is C14H20N2O3. The fourth-order valence-electron chi connectivity index (χ4n) is 2.22. The van der Waals surface area contributed by atoms with Crippen molar-refractivity contribution in [1.29, 1.82) is 0 Å². The summed E-state index contributed by atoms with van der Waals surface area (Å²) in [6.45, 7) is 3.63. The molecule has 1 aromatic rings. The Morgan fingerprint density at radius 3 is 3.00 bits per heavy atom. The third-order valence-electron chi connectivity index (χ3n) is 3.46. The third kappa shape index (κ3) is 3.17. The van der Waals surface area contributed by atoms with Crippen LogP contribution >= 0.6 is 0 Å². The lowest BCUT2D eigenvalue weighted by molar-refractivity contribution is 0.0537. The molecule has 1 fully saturated rings. The highest BCUT2D eigenvalue weighted by atomic mass is 16.5. The van der Waals surface area contributed by atoms with Gasteiger partial charge in [0.05, 0.1) is 30.7 Å². The highest BCUT2D eigenvalue weighted by molar-refractivity contribution is 5.92. The summed E-state index contributed by atoms with van der Waals surface area (Å²) >= 11 is 0. The maximum Gasteiger partial charge on any atom is 0.337 e. The quantitative estimate of drug-likeness (QED) is 0.644. The van der Waals surface area contributed by atoms with Crippen LogP contribution in [-0.4, -0.2) is 32.3 Å². The van der Waals surface area contributed by atoms with Gasteiger partial charge in [-0.1, -0.05) is 6.92 Å². The second-order valence-corrected chi connectivity index (χ2v) is 4.89. The Morgan fingerprint density at radius 2 is 2.32 bits per heavy atom. The number of rotatable bonds is 3. The van der Waals surface area contributed by atoms with Crippen molar-refractivity contribution in [2.24, 2.45) is 5.92 Å². The SMILES string of the molecule is COC(=O)c1ccc(N)c(NC2CCOCC2C)c1. The van der Waals surface area contributed by atoms with Crippen LogP contribution in [0.3, 0.4) is 0 Å². The Balaban J connectivity index is 2.16. The van der Waals surface area contributed by atoms with E-state index in [-0.39, 0.29) is 5.97 Å². The number of hydrogen-bond acceptors (Lipinski definition) is 5. The van der Waals surface area contributed by atoms with Crippen LogP contribution in [0.25, 0.3) is 0 Å². The summed E-state index contributed by atoms with van der Waals surface area (Å²) in [5.74, 6) is 0.0537. The topological polar surface area (TPSA) is 73.6 Å². The van der Waals surface area contributed by atoms with Crippen molar-refractivity contribution >= 4 is 17.3 Å². The highest BCUT2D eigenvalue weighted by Crippen LogP contribution is 2.25. The fraction of sp³-hybridized carbons (Fsp3) is 0.500. The van der Waals surface area contributed by atoms with Gasteiger partial charge in [-0.15, -0.1) is 0 Å². The number of nitrogen functional groups attached to an aromatic ring is 1. The molecule has 1 aliphatic heterocycles.